The topological polar surface area (TPSA) is 138 Å². The van der Waals surface area contributed by atoms with Gasteiger partial charge in [-0.25, -0.2) is 0 Å². The third-order valence-corrected chi connectivity index (χ3v) is 7.51. The van der Waals surface area contributed by atoms with E-state index in [1.807, 2.05) is 62.4 Å². The minimum atomic E-state index is -1.19. The number of ether oxygens (including phenoxy) is 3. The van der Waals surface area contributed by atoms with Crippen LogP contribution in [0.3, 0.4) is 0 Å². The zero-order valence-electron chi connectivity index (χ0n) is 28.4. The van der Waals surface area contributed by atoms with Crippen LogP contribution >= 0.6 is 0 Å². The predicted molar refractivity (Wildman–Crippen MR) is 181 cm³/mol. The molecule has 48 heavy (non-hydrogen) atoms. The summed E-state index contributed by atoms with van der Waals surface area (Å²) < 4.78 is 16.1. The summed E-state index contributed by atoms with van der Waals surface area (Å²) in [5.74, 6) is -5.23. The van der Waals surface area contributed by atoms with Crippen molar-refractivity contribution in [3.8, 4) is 0 Å². The van der Waals surface area contributed by atoms with Crippen molar-refractivity contribution >= 4 is 40.5 Å². The second-order valence-electron chi connectivity index (χ2n) is 13.0. The van der Waals surface area contributed by atoms with Crippen LogP contribution in [0.15, 0.2) is 79.4 Å². The molecule has 10 nitrogen and oxygen atoms in total. The number of rotatable bonds is 17. The fourth-order valence-electron chi connectivity index (χ4n) is 5.00. The number of nitrogens with zero attached hydrogens (tertiary/aromatic N) is 1. The number of nitrogens with one attached hydrogen (secondary N) is 1. The first-order valence-corrected chi connectivity index (χ1v) is 16.1. The molecule has 0 fully saturated rings. The van der Waals surface area contributed by atoms with Crippen molar-refractivity contribution in [1.29, 1.82) is 0 Å². The number of ketones is 1. The number of esters is 3. The lowest BCUT2D eigenvalue weighted by Gasteiger charge is -2.25. The Balaban J connectivity index is 1.88. The van der Waals surface area contributed by atoms with Gasteiger partial charge in [-0.3, -0.25) is 29.0 Å². The maximum Gasteiger partial charge on any atom is 0.309 e. The van der Waals surface area contributed by atoms with Gasteiger partial charge >= 0.3 is 17.9 Å². The molecule has 1 N–H and O–H groups in total. The van der Waals surface area contributed by atoms with Crippen molar-refractivity contribution in [2.45, 2.75) is 78.6 Å². The smallest absolute Gasteiger partial charge is 0.309 e. The predicted octanol–water partition coefficient (Wildman–Crippen LogP) is 5.70. The number of hydrogen-bond acceptors (Lipinski definition) is 9. The van der Waals surface area contributed by atoms with E-state index < -0.39 is 65.9 Å². The van der Waals surface area contributed by atoms with E-state index in [0.717, 1.165) is 10.9 Å². The molecule has 0 bridgehead atoms. The number of aromatic nitrogens is 1. The lowest BCUT2D eigenvalue weighted by Crippen LogP contribution is -2.47. The van der Waals surface area contributed by atoms with E-state index in [4.69, 9.17) is 14.2 Å². The van der Waals surface area contributed by atoms with Gasteiger partial charge in [0.1, 0.15) is 18.8 Å². The first kappa shape index (κ1) is 37.6. The summed E-state index contributed by atoms with van der Waals surface area (Å²) in [5.41, 5.74) is 1.19. The van der Waals surface area contributed by atoms with Crippen LogP contribution < -0.4 is 5.32 Å². The Morgan fingerprint density at radius 3 is 2.19 bits per heavy atom. The first-order chi connectivity index (χ1) is 22.8. The summed E-state index contributed by atoms with van der Waals surface area (Å²) in [6.45, 7) is 12.3. The van der Waals surface area contributed by atoms with Gasteiger partial charge in [-0.15, -0.1) is 0 Å². The summed E-state index contributed by atoms with van der Waals surface area (Å²) in [5, 5.41) is 3.68. The first-order valence-electron chi connectivity index (χ1n) is 16.1. The molecular weight excluding hydrogens is 612 g/mol. The number of benzene rings is 2. The quantitative estimate of drug-likeness (QED) is 0.110. The molecule has 0 aliphatic rings. The molecule has 3 atom stereocenters. The summed E-state index contributed by atoms with van der Waals surface area (Å²) in [4.78, 5) is 71.1. The molecular formula is C38H46N2O8. The highest BCUT2D eigenvalue weighted by Gasteiger charge is 2.34. The average Bonchev–Trinajstić information content (AvgIpc) is 3.03. The van der Waals surface area contributed by atoms with Gasteiger partial charge in [0, 0.05) is 23.9 Å². The summed E-state index contributed by atoms with van der Waals surface area (Å²) >= 11 is 0. The van der Waals surface area contributed by atoms with Crippen LogP contribution in [0.1, 0.15) is 65.1 Å². The highest BCUT2D eigenvalue weighted by atomic mass is 16.6. The van der Waals surface area contributed by atoms with E-state index in [-0.39, 0.29) is 32.0 Å². The molecule has 1 aromatic heterocycles. The fourth-order valence-corrected chi connectivity index (χ4v) is 5.00. The molecule has 0 spiro atoms. The molecule has 0 aliphatic heterocycles. The minimum Gasteiger partial charge on any atom is -0.461 e. The number of carbonyl (C=O) groups excluding carboxylic acids is 5. The minimum absolute atomic E-state index is 0.00410. The van der Waals surface area contributed by atoms with Gasteiger partial charge in [-0.2, -0.15) is 0 Å². The molecule has 3 rings (SSSR count). The van der Waals surface area contributed by atoms with Crippen molar-refractivity contribution in [1.82, 2.24) is 10.3 Å². The number of Topliss-reactive ketones (excluding diaryl/α,β-unsaturated/α-hetero) is 1. The van der Waals surface area contributed by atoms with E-state index in [9.17, 15) is 24.0 Å². The molecule has 0 radical (unpaired) electrons. The van der Waals surface area contributed by atoms with E-state index in [1.165, 1.54) is 6.08 Å². The zero-order chi connectivity index (χ0) is 35.3. The van der Waals surface area contributed by atoms with Gasteiger partial charge in [-0.05, 0) is 44.4 Å². The Morgan fingerprint density at radius 2 is 1.52 bits per heavy atom. The molecule has 2 aromatic carbocycles. The van der Waals surface area contributed by atoms with Crippen molar-refractivity contribution in [2.24, 2.45) is 17.8 Å². The lowest BCUT2D eigenvalue weighted by atomic mass is 9.87. The summed E-state index contributed by atoms with van der Waals surface area (Å²) in [6.07, 6.45) is 0.416. The van der Waals surface area contributed by atoms with Gasteiger partial charge in [0.25, 0.3) is 0 Å². The fraction of sp³-hybridized carbons (Fsp3) is 0.421. The number of para-hydroxylation sites is 1. The van der Waals surface area contributed by atoms with Crippen LogP contribution in [-0.2, 0) is 51.2 Å². The Hall–Kier alpha value is -4.86. The van der Waals surface area contributed by atoms with Crippen LogP contribution in [0.25, 0.3) is 10.9 Å². The summed E-state index contributed by atoms with van der Waals surface area (Å²) in [7, 11) is 0. The molecule has 0 unspecified atom stereocenters. The van der Waals surface area contributed by atoms with Crippen LogP contribution in [0.4, 0.5) is 0 Å². The third kappa shape index (κ3) is 12.4. The van der Waals surface area contributed by atoms with Crippen LogP contribution in [-0.4, -0.2) is 52.8 Å². The molecule has 1 heterocycles. The van der Waals surface area contributed by atoms with Crippen molar-refractivity contribution in [3.05, 3.63) is 90.6 Å². The maximum absolute atomic E-state index is 13.9. The van der Waals surface area contributed by atoms with E-state index in [0.29, 0.717) is 11.2 Å². The number of fused-ring (bicyclic) bond motifs is 1. The Labute approximate surface area is 282 Å². The third-order valence-electron chi connectivity index (χ3n) is 7.51. The van der Waals surface area contributed by atoms with E-state index >= 15 is 0 Å². The van der Waals surface area contributed by atoms with Gasteiger partial charge in [-0.1, -0.05) is 81.1 Å². The number of carbonyl (C=O) groups is 5. The maximum atomic E-state index is 13.9. The van der Waals surface area contributed by atoms with Crippen molar-refractivity contribution < 1.29 is 38.2 Å². The SMILES string of the molecule is C=CCOC(=O)[C@H](CC(=O)[C@H](Cc1ccc2ccccc2n1)NC(=O)[C@@H](CC(=O)OCc1ccccc1)CC(=O)OC(C)(C)C)C(C)C. The van der Waals surface area contributed by atoms with Crippen LogP contribution in [0, 0.1) is 17.8 Å². The number of amides is 1. The summed E-state index contributed by atoms with van der Waals surface area (Å²) in [6, 6.07) is 19.1. The lowest BCUT2D eigenvalue weighted by molar-refractivity contribution is -0.158. The Morgan fingerprint density at radius 1 is 0.854 bits per heavy atom. The molecule has 0 saturated heterocycles. The second kappa shape index (κ2) is 17.9. The number of pyridine rings is 1. The number of hydrogen-bond donors (Lipinski definition) is 1. The van der Waals surface area contributed by atoms with Crippen LogP contribution in [0.2, 0.25) is 0 Å². The highest BCUT2D eigenvalue weighted by molar-refractivity contribution is 5.94. The van der Waals surface area contributed by atoms with Crippen molar-refractivity contribution in [3.63, 3.8) is 0 Å². The van der Waals surface area contributed by atoms with Crippen LogP contribution in [0.5, 0.6) is 0 Å². The normalized spacial score (nSPS) is 13.2. The molecule has 0 aliphatic carbocycles. The largest absolute Gasteiger partial charge is 0.461 e. The average molecular weight is 659 g/mol. The van der Waals surface area contributed by atoms with Gasteiger partial charge in [0.2, 0.25) is 5.91 Å². The van der Waals surface area contributed by atoms with Crippen molar-refractivity contribution in [2.75, 3.05) is 6.61 Å². The zero-order valence-corrected chi connectivity index (χ0v) is 28.4. The van der Waals surface area contributed by atoms with Gasteiger partial charge < -0.3 is 19.5 Å². The molecule has 10 heteroatoms. The highest BCUT2D eigenvalue weighted by Crippen LogP contribution is 2.22. The Bertz CT molecular complexity index is 1580. The Kier molecular flexibility index (Phi) is 14.0. The van der Waals surface area contributed by atoms with E-state index in [1.54, 1.807) is 39.0 Å². The second-order valence-corrected chi connectivity index (χ2v) is 13.0. The standard InChI is InChI=1S/C38H46N2O8/c1-7-19-46-37(45)30(25(2)3)23-33(41)32(22-29-18-17-27-15-11-12-16-31(27)39-29)40-36(44)28(21-35(43)48-38(4,5)6)20-34(42)47-24-26-13-9-8-10-14-26/h7-18,25,28,30,32H,1,19-24H2,2-6H3,(H,40,44)/t28-,30+,32-/m0/s1. The van der Waals surface area contributed by atoms with Gasteiger partial charge in [0.05, 0.1) is 36.2 Å². The monoisotopic (exact) mass is 658 g/mol. The molecule has 256 valence electrons. The molecule has 0 saturated carbocycles. The molecule has 1 amide bonds. The van der Waals surface area contributed by atoms with Gasteiger partial charge in [0.15, 0.2) is 5.78 Å². The van der Waals surface area contributed by atoms with E-state index in [2.05, 4.69) is 16.9 Å². The molecule has 3 aromatic rings.